The quantitative estimate of drug-likeness (QED) is 0.654. The number of aliphatic hydroxyl groups is 1. The van der Waals surface area contributed by atoms with Crippen LogP contribution in [0.5, 0.6) is 0 Å². The van der Waals surface area contributed by atoms with Crippen LogP contribution in [-0.4, -0.2) is 33.2 Å². The Labute approximate surface area is 139 Å². The number of carbonyl (C=O) groups is 2. The van der Waals surface area contributed by atoms with Gasteiger partial charge in [0.2, 0.25) is 0 Å². The van der Waals surface area contributed by atoms with Gasteiger partial charge < -0.3 is 10.4 Å². The fourth-order valence-electron chi connectivity index (χ4n) is 2.42. The van der Waals surface area contributed by atoms with Crippen molar-refractivity contribution in [2.45, 2.75) is 12.2 Å². The summed E-state index contributed by atoms with van der Waals surface area (Å²) in [6.45, 7) is 0. The number of fused-ring (bicyclic) bond motifs is 1. The van der Waals surface area contributed by atoms with Gasteiger partial charge in [0, 0.05) is 18.0 Å². The van der Waals surface area contributed by atoms with Gasteiger partial charge in [0.15, 0.2) is 12.1 Å². The van der Waals surface area contributed by atoms with Crippen LogP contribution >= 0.6 is 0 Å². The van der Waals surface area contributed by atoms with E-state index in [2.05, 4.69) is 15.3 Å². The second-order valence-corrected chi connectivity index (χ2v) is 5.19. The third-order valence-electron chi connectivity index (χ3n) is 3.66. The summed E-state index contributed by atoms with van der Waals surface area (Å²) >= 11 is 0. The molecule has 1 aliphatic heterocycles. The van der Waals surface area contributed by atoms with E-state index in [4.69, 9.17) is 0 Å². The average molecular weight is 349 g/mol. The topological polar surface area (TPSA) is 92.2 Å². The Hall–Kier alpha value is -3.23. The predicted octanol–water partition coefficient (Wildman–Crippen LogP) is 2.64. The third-order valence-corrected chi connectivity index (χ3v) is 3.66. The number of nitrogens with zero attached hydrogens (tertiary/aromatic N) is 2. The van der Waals surface area contributed by atoms with Gasteiger partial charge in [-0.05, 0) is 24.3 Å². The molecule has 0 spiro atoms. The lowest BCUT2D eigenvalue weighted by Gasteiger charge is -2.25. The highest BCUT2D eigenvalue weighted by molar-refractivity contribution is 6.10. The molecule has 1 atom stereocenters. The Balaban J connectivity index is 1.97. The zero-order valence-corrected chi connectivity index (χ0v) is 12.4. The van der Waals surface area contributed by atoms with Gasteiger partial charge in [-0.2, -0.15) is 13.2 Å². The van der Waals surface area contributed by atoms with Gasteiger partial charge in [0.05, 0.1) is 11.1 Å². The Morgan fingerprint density at radius 1 is 1.24 bits per heavy atom. The summed E-state index contributed by atoms with van der Waals surface area (Å²) in [5.41, 5.74) is -1.26. The van der Waals surface area contributed by atoms with Gasteiger partial charge >= 0.3 is 6.18 Å². The number of ketones is 1. The summed E-state index contributed by atoms with van der Waals surface area (Å²) in [6, 6.07) is 3.41. The number of halogens is 3. The molecule has 0 bridgehead atoms. The number of Topliss-reactive ketones (excluding diaryl/α,β-unsaturated/α-hetero) is 1. The molecule has 6 nitrogen and oxygen atoms in total. The lowest BCUT2D eigenvalue weighted by Crippen LogP contribution is -2.36. The number of hydrogen-bond acceptors (Lipinski definition) is 6. The van der Waals surface area contributed by atoms with Crippen molar-refractivity contribution in [3.63, 3.8) is 0 Å². The SMILES string of the molecule is O=CC1=C(O)c2cccnc2NC1C(=O)c1ccc(C(F)(F)F)nc1. The van der Waals surface area contributed by atoms with Crippen LogP contribution in [0, 0.1) is 0 Å². The van der Waals surface area contributed by atoms with E-state index in [1.165, 1.54) is 12.3 Å². The minimum Gasteiger partial charge on any atom is -0.507 e. The van der Waals surface area contributed by atoms with E-state index in [1.807, 2.05) is 0 Å². The molecule has 0 amide bonds. The molecule has 2 aromatic rings. The lowest BCUT2D eigenvalue weighted by molar-refractivity contribution is -0.141. The van der Waals surface area contributed by atoms with Crippen molar-refractivity contribution < 1.29 is 27.9 Å². The molecule has 0 saturated carbocycles. The van der Waals surface area contributed by atoms with Gasteiger partial charge in [-0.3, -0.25) is 14.6 Å². The first-order valence-electron chi connectivity index (χ1n) is 7.00. The van der Waals surface area contributed by atoms with Crippen molar-refractivity contribution >= 4 is 23.6 Å². The van der Waals surface area contributed by atoms with Gasteiger partial charge in [0.25, 0.3) is 0 Å². The average Bonchev–Trinajstić information content (AvgIpc) is 2.60. The smallest absolute Gasteiger partial charge is 0.433 e. The van der Waals surface area contributed by atoms with Gasteiger partial charge in [-0.25, -0.2) is 4.98 Å². The molecule has 0 fully saturated rings. The maximum absolute atomic E-state index is 12.6. The monoisotopic (exact) mass is 349 g/mol. The molecule has 9 heteroatoms. The van der Waals surface area contributed by atoms with Crippen LogP contribution in [0.25, 0.3) is 5.76 Å². The molecule has 3 rings (SSSR count). The predicted molar refractivity (Wildman–Crippen MR) is 80.8 cm³/mol. The van der Waals surface area contributed by atoms with Crippen molar-refractivity contribution in [1.29, 1.82) is 0 Å². The highest BCUT2D eigenvalue weighted by Crippen LogP contribution is 2.31. The van der Waals surface area contributed by atoms with Crippen LogP contribution in [0.15, 0.2) is 42.2 Å². The molecule has 0 aliphatic carbocycles. The van der Waals surface area contributed by atoms with E-state index in [0.29, 0.717) is 12.4 Å². The van der Waals surface area contributed by atoms with Crippen LogP contribution in [0.4, 0.5) is 19.0 Å². The summed E-state index contributed by atoms with van der Waals surface area (Å²) in [4.78, 5) is 31.1. The summed E-state index contributed by atoms with van der Waals surface area (Å²) in [6.07, 6.45) is -2.11. The normalized spacial score (nSPS) is 16.8. The highest BCUT2D eigenvalue weighted by Gasteiger charge is 2.35. The number of aromatic nitrogens is 2. The van der Waals surface area contributed by atoms with Crippen LogP contribution in [0.1, 0.15) is 21.6 Å². The number of aldehydes is 1. The molecule has 2 aromatic heterocycles. The van der Waals surface area contributed by atoms with Crippen molar-refractivity contribution in [2.75, 3.05) is 5.32 Å². The van der Waals surface area contributed by atoms with E-state index in [-0.39, 0.29) is 22.5 Å². The van der Waals surface area contributed by atoms with E-state index >= 15 is 0 Å². The Bertz CT molecular complexity index is 876. The first kappa shape index (κ1) is 16.6. The molecule has 1 aliphatic rings. The van der Waals surface area contributed by atoms with Crippen LogP contribution in [0.2, 0.25) is 0 Å². The first-order valence-corrected chi connectivity index (χ1v) is 7.00. The number of pyridine rings is 2. The third kappa shape index (κ3) is 2.95. The minimum absolute atomic E-state index is 0.142. The van der Waals surface area contributed by atoms with E-state index in [0.717, 1.165) is 12.3 Å². The number of anilines is 1. The molecular formula is C16H10F3N3O3. The fraction of sp³-hybridized carbons (Fsp3) is 0.125. The molecule has 2 N–H and O–H groups in total. The molecule has 1 unspecified atom stereocenters. The van der Waals surface area contributed by atoms with Crippen LogP contribution in [-0.2, 0) is 11.0 Å². The molecule has 0 aromatic carbocycles. The molecule has 0 saturated heterocycles. The maximum Gasteiger partial charge on any atom is 0.433 e. The summed E-state index contributed by atoms with van der Waals surface area (Å²) in [7, 11) is 0. The standard InChI is InChI=1S/C16H10F3N3O3/c17-16(18,19)11-4-3-8(6-21-11)13(24)12-10(7-23)14(25)9-2-1-5-20-15(9)22-12/h1-7,12,25H,(H,20,22). The minimum atomic E-state index is -4.63. The number of hydrogen-bond donors (Lipinski definition) is 2. The van der Waals surface area contributed by atoms with Crippen molar-refractivity contribution in [3.05, 3.63) is 59.1 Å². The van der Waals surface area contributed by atoms with Gasteiger partial charge in [-0.15, -0.1) is 0 Å². The number of nitrogens with one attached hydrogen (secondary N) is 1. The number of rotatable bonds is 3. The van der Waals surface area contributed by atoms with Crippen molar-refractivity contribution in [3.8, 4) is 0 Å². The second kappa shape index (κ2) is 6.00. The Kier molecular flexibility index (Phi) is 3.99. The Morgan fingerprint density at radius 2 is 2.00 bits per heavy atom. The first-order chi connectivity index (χ1) is 11.8. The second-order valence-electron chi connectivity index (χ2n) is 5.19. The molecule has 0 radical (unpaired) electrons. The largest absolute Gasteiger partial charge is 0.507 e. The molecular weight excluding hydrogens is 339 g/mol. The molecule has 3 heterocycles. The molecule has 128 valence electrons. The number of carbonyl (C=O) groups excluding carboxylic acids is 2. The van der Waals surface area contributed by atoms with E-state index < -0.39 is 29.5 Å². The summed E-state index contributed by atoms with van der Waals surface area (Å²) < 4.78 is 37.7. The van der Waals surface area contributed by atoms with Crippen molar-refractivity contribution in [2.24, 2.45) is 0 Å². The van der Waals surface area contributed by atoms with Crippen molar-refractivity contribution in [1.82, 2.24) is 9.97 Å². The summed E-state index contributed by atoms with van der Waals surface area (Å²) in [5.74, 6) is -0.940. The van der Waals surface area contributed by atoms with E-state index in [1.54, 1.807) is 6.07 Å². The zero-order chi connectivity index (χ0) is 18.2. The lowest BCUT2D eigenvalue weighted by atomic mass is 9.93. The van der Waals surface area contributed by atoms with E-state index in [9.17, 15) is 27.9 Å². The van der Waals surface area contributed by atoms with Gasteiger partial charge in [-0.1, -0.05) is 0 Å². The zero-order valence-electron chi connectivity index (χ0n) is 12.4. The van der Waals surface area contributed by atoms with Crippen LogP contribution < -0.4 is 5.32 Å². The highest BCUT2D eigenvalue weighted by atomic mass is 19.4. The van der Waals surface area contributed by atoms with Gasteiger partial charge in [0.1, 0.15) is 23.3 Å². The Morgan fingerprint density at radius 3 is 2.60 bits per heavy atom. The molecule has 25 heavy (non-hydrogen) atoms. The maximum atomic E-state index is 12.6. The summed E-state index contributed by atoms with van der Waals surface area (Å²) in [5, 5.41) is 12.9. The van der Waals surface area contributed by atoms with Crippen LogP contribution in [0.3, 0.4) is 0 Å². The number of aliphatic hydroxyl groups excluding tert-OH is 1. The number of alkyl halides is 3. The fourth-order valence-corrected chi connectivity index (χ4v) is 2.42.